The predicted molar refractivity (Wildman–Crippen MR) is 70.0 cm³/mol. The Morgan fingerprint density at radius 2 is 1.94 bits per heavy atom. The Bertz CT molecular complexity index is 559. The van der Waals surface area contributed by atoms with Crippen molar-refractivity contribution in [3.63, 3.8) is 0 Å². The number of halogens is 3. The zero-order valence-corrected chi connectivity index (χ0v) is 11.2. The van der Waals surface area contributed by atoms with Crippen LogP contribution < -0.4 is 0 Å². The molecule has 5 nitrogen and oxygen atoms in total. The van der Waals surface area contributed by atoms with E-state index in [0.29, 0.717) is 20.6 Å². The molecule has 1 atom stereocenters. The Labute approximate surface area is 118 Å². The van der Waals surface area contributed by atoms with Gasteiger partial charge in [-0.1, -0.05) is 40.0 Å². The van der Waals surface area contributed by atoms with Gasteiger partial charge in [-0.25, -0.2) is 4.98 Å². The van der Waals surface area contributed by atoms with Gasteiger partial charge in [0.05, 0.1) is 16.6 Å². The highest BCUT2D eigenvalue weighted by Crippen LogP contribution is 2.34. The molecule has 8 heteroatoms. The standard InChI is InChI=1S/C10H7Cl3N4O/c11-7-2-9(13)8(12)1-6(7)10(16-18)3-17-5-14-4-15-17/h1-2,4-5,10H,3H2. The molecule has 1 aromatic carbocycles. The summed E-state index contributed by atoms with van der Waals surface area (Å²) in [6.45, 7) is 0.237. The topological polar surface area (TPSA) is 60.1 Å². The second kappa shape index (κ2) is 5.65. The zero-order chi connectivity index (χ0) is 13.1. The van der Waals surface area contributed by atoms with E-state index in [4.69, 9.17) is 34.8 Å². The second-order valence-electron chi connectivity index (χ2n) is 3.53. The lowest BCUT2D eigenvalue weighted by Gasteiger charge is -2.12. The van der Waals surface area contributed by atoms with E-state index < -0.39 is 6.04 Å². The fourth-order valence-corrected chi connectivity index (χ4v) is 2.17. The maximum atomic E-state index is 10.9. The summed E-state index contributed by atoms with van der Waals surface area (Å²) in [7, 11) is 0. The van der Waals surface area contributed by atoms with Gasteiger partial charge in [0.25, 0.3) is 0 Å². The van der Waals surface area contributed by atoms with Crippen LogP contribution in [0, 0.1) is 4.91 Å². The SMILES string of the molecule is O=NC(Cn1cncn1)c1cc(Cl)c(Cl)cc1Cl. The van der Waals surface area contributed by atoms with Crippen LogP contribution in [0.4, 0.5) is 0 Å². The van der Waals surface area contributed by atoms with Crippen molar-refractivity contribution in [1.82, 2.24) is 14.8 Å². The maximum absolute atomic E-state index is 10.9. The first kappa shape index (κ1) is 13.3. The molecule has 1 unspecified atom stereocenters. The summed E-state index contributed by atoms with van der Waals surface area (Å²) in [5.74, 6) is 0. The fourth-order valence-electron chi connectivity index (χ4n) is 1.49. The average Bonchev–Trinajstić information content (AvgIpc) is 2.84. The van der Waals surface area contributed by atoms with Crippen LogP contribution in [0.5, 0.6) is 0 Å². The van der Waals surface area contributed by atoms with E-state index >= 15 is 0 Å². The van der Waals surface area contributed by atoms with E-state index in [-0.39, 0.29) is 6.54 Å². The summed E-state index contributed by atoms with van der Waals surface area (Å²) in [4.78, 5) is 14.7. The third-order valence-corrected chi connectivity index (χ3v) is 3.40. The molecule has 0 spiro atoms. The third kappa shape index (κ3) is 2.80. The molecule has 0 saturated heterocycles. The Morgan fingerprint density at radius 3 is 2.56 bits per heavy atom. The van der Waals surface area contributed by atoms with Crippen LogP contribution in [-0.4, -0.2) is 14.8 Å². The molecule has 0 amide bonds. The van der Waals surface area contributed by atoms with Crippen molar-refractivity contribution in [2.45, 2.75) is 12.6 Å². The van der Waals surface area contributed by atoms with Gasteiger partial charge in [0.15, 0.2) is 0 Å². The summed E-state index contributed by atoms with van der Waals surface area (Å²) in [5.41, 5.74) is 0.511. The van der Waals surface area contributed by atoms with Crippen LogP contribution in [0.1, 0.15) is 11.6 Å². The third-order valence-electron chi connectivity index (χ3n) is 2.35. The van der Waals surface area contributed by atoms with E-state index in [2.05, 4.69) is 15.3 Å². The Kier molecular flexibility index (Phi) is 4.16. The first-order chi connectivity index (χ1) is 8.61. The summed E-state index contributed by atoms with van der Waals surface area (Å²) in [6.07, 6.45) is 2.86. The van der Waals surface area contributed by atoms with E-state index in [1.807, 2.05) is 0 Å². The first-order valence-corrected chi connectivity index (χ1v) is 6.04. The van der Waals surface area contributed by atoms with Crippen molar-refractivity contribution >= 4 is 34.8 Å². The van der Waals surface area contributed by atoms with Crippen LogP contribution >= 0.6 is 34.8 Å². The molecule has 1 heterocycles. The van der Waals surface area contributed by atoms with Gasteiger partial charge in [-0.15, -0.1) is 0 Å². The molecular weight excluding hydrogens is 298 g/mol. The maximum Gasteiger partial charge on any atom is 0.138 e. The molecule has 0 radical (unpaired) electrons. The molecule has 1 aromatic heterocycles. The monoisotopic (exact) mass is 304 g/mol. The number of nitroso groups, excluding NO2 is 1. The normalized spacial score (nSPS) is 12.4. The van der Waals surface area contributed by atoms with Crippen LogP contribution in [-0.2, 0) is 6.54 Å². The second-order valence-corrected chi connectivity index (χ2v) is 4.75. The molecule has 0 N–H and O–H groups in total. The number of rotatable bonds is 4. The van der Waals surface area contributed by atoms with Crippen molar-refractivity contribution in [2.24, 2.45) is 5.18 Å². The van der Waals surface area contributed by atoms with Crippen molar-refractivity contribution in [1.29, 1.82) is 0 Å². The minimum Gasteiger partial charge on any atom is -0.250 e. The van der Waals surface area contributed by atoms with Crippen molar-refractivity contribution in [2.75, 3.05) is 0 Å². The van der Waals surface area contributed by atoms with Gasteiger partial charge in [0.1, 0.15) is 18.7 Å². The van der Waals surface area contributed by atoms with Gasteiger partial charge in [0.2, 0.25) is 0 Å². The molecule has 2 rings (SSSR count). The number of nitrogens with zero attached hydrogens (tertiary/aromatic N) is 4. The molecule has 0 fully saturated rings. The van der Waals surface area contributed by atoms with Crippen molar-refractivity contribution < 1.29 is 0 Å². The number of aromatic nitrogens is 3. The molecule has 0 aliphatic heterocycles. The number of hydrogen-bond acceptors (Lipinski definition) is 4. The van der Waals surface area contributed by atoms with Gasteiger partial charge in [-0.3, -0.25) is 4.68 Å². The number of hydrogen-bond donors (Lipinski definition) is 0. The summed E-state index contributed by atoms with van der Waals surface area (Å²) < 4.78 is 1.49. The van der Waals surface area contributed by atoms with Gasteiger partial charge in [0, 0.05) is 10.6 Å². The fraction of sp³-hybridized carbons (Fsp3) is 0.200. The van der Waals surface area contributed by atoms with E-state index in [1.54, 1.807) is 0 Å². The summed E-state index contributed by atoms with van der Waals surface area (Å²) >= 11 is 17.8. The highest BCUT2D eigenvalue weighted by molar-refractivity contribution is 6.43. The van der Waals surface area contributed by atoms with Crippen LogP contribution in [0.2, 0.25) is 15.1 Å². The molecule has 2 aromatic rings. The molecule has 18 heavy (non-hydrogen) atoms. The summed E-state index contributed by atoms with van der Waals surface area (Å²) in [5, 5.41) is 7.94. The van der Waals surface area contributed by atoms with Gasteiger partial charge in [-0.05, 0) is 12.1 Å². The highest BCUT2D eigenvalue weighted by Gasteiger charge is 2.18. The lowest BCUT2D eigenvalue weighted by molar-refractivity contribution is 0.526. The Hall–Kier alpha value is -1.17. The minimum absolute atomic E-state index is 0.237. The van der Waals surface area contributed by atoms with Gasteiger partial charge >= 0.3 is 0 Å². The van der Waals surface area contributed by atoms with Crippen LogP contribution in [0.25, 0.3) is 0 Å². The molecule has 0 saturated carbocycles. The van der Waals surface area contributed by atoms with Gasteiger partial charge in [-0.2, -0.15) is 10.0 Å². The molecular formula is C10H7Cl3N4O. The average molecular weight is 306 g/mol. The largest absolute Gasteiger partial charge is 0.250 e. The Morgan fingerprint density at radius 1 is 1.22 bits per heavy atom. The molecule has 94 valence electrons. The van der Waals surface area contributed by atoms with Crippen molar-refractivity contribution in [3.8, 4) is 0 Å². The van der Waals surface area contributed by atoms with Crippen LogP contribution in [0.3, 0.4) is 0 Å². The van der Waals surface area contributed by atoms with E-state index in [1.165, 1.54) is 29.5 Å². The Balaban J connectivity index is 2.33. The molecule has 0 aliphatic carbocycles. The molecule has 0 aliphatic rings. The predicted octanol–water partition coefficient (Wildman–Crippen LogP) is 3.75. The first-order valence-electron chi connectivity index (χ1n) is 4.91. The van der Waals surface area contributed by atoms with E-state index in [9.17, 15) is 4.91 Å². The lowest BCUT2D eigenvalue weighted by atomic mass is 10.1. The number of benzene rings is 1. The molecule has 0 bridgehead atoms. The highest BCUT2D eigenvalue weighted by atomic mass is 35.5. The lowest BCUT2D eigenvalue weighted by Crippen LogP contribution is -2.08. The quantitative estimate of drug-likeness (QED) is 0.638. The van der Waals surface area contributed by atoms with E-state index in [0.717, 1.165) is 0 Å². The summed E-state index contributed by atoms with van der Waals surface area (Å²) in [6, 6.07) is 2.32. The zero-order valence-electron chi connectivity index (χ0n) is 8.92. The van der Waals surface area contributed by atoms with Gasteiger partial charge < -0.3 is 0 Å². The van der Waals surface area contributed by atoms with Crippen LogP contribution in [0.15, 0.2) is 30.0 Å². The smallest absolute Gasteiger partial charge is 0.138 e. The minimum atomic E-state index is -0.700. The van der Waals surface area contributed by atoms with Crippen molar-refractivity contribution in [3.05, 3.63) is 50.3 Å².